The predicted octanol–water partition coefficient (Wildman–Crippen LogP) is 6.18. The first-order chi connectivity index (χ1) is 13.1. The molecule has 0 saturated heterocycles. The molecule has 140 valence electrons. The number of fused-ring (bicyclic) bond motifs is 1. The van der Waals surface area contributed by atoms with Crippen LogP contribution < -0.4 is 4.74 Å². The molecule has 0 N–H and O–H groups in total. The largest absolute Gasteiger partial charge is 0.476 e. The molecular weight excluding hydrogens is 332 g/mol. The Morgan fingerprint density at radius 3 is 2.26 bits per heavy atom. The van der Waals surface area contributed by atoms with Crippen molar-refractivity contribution in [3.63, 3.8) is 0 Å². The molecule has 1 saturated carbocycles. The van der Waals surface area contributed by atoms with Crippen molar-refractivity contribution in [3.8, 4) is 17.1 Å². The second-order valence-corrected chi connectivity index (χ2v) is 7.99. The van der Waals surface area contributed by atoms with E-state index in [9.17, 15) is 0 Å². The van der Waals surface area contributed by atoms with Crippen LogP contribution in [0.5, 0.6) is 5.88 Å². The summed E-state index contributed by atoms with van der Waals surface area (Å²) in [5.74, 6) is 1.32. The Labute approximate surface area is 161 Å². The molecule has 1 heterocycles. The van der Waals surface area contributed by atoms with Gasteiger partial charge in [-0.25, -0.2) is 0 Å². The van der Waals surface area contributed by atoms with E-state index in [-0.39, 0.29) is 0 Å². The summed E-state index contributed by atoms with van der Waals surface area (Å²) in [6.07, 6.45) is 6.55. The summed E-state index contributed by atoms with van der Waals surface area (Å²) >= 11 is 0. The molecule has 0 radical (unpaired) electrons. The van der Waals surface area contributed by atoms with Gasteiger partial charge in [0, 0.05) is 16.3 Å². The zero-order valence-corrected chi connectivity index (χ0v) is 16.6. The maximum atomic E-state index is 6.16. The van der Waals surface area contributed by atoms with Crippen molar-refractivity contribution in [1.29, 1.82) is 0 Å². The normalized spacial score (nSPS) is 15.2. The Kier molecular flexibility index (Phi) is 5.11. The van der Waals surface area contributed by atoms with E-state index >= 15 is 0 Å². The van der Waals surface area contributed by atoms with E-state index in [2.05, 4.69) is 67.4 Å². The fraction of sp³-hybridized carbons (Fsp3) is 0.417. The Morgan fingerprint density at radius 1 is 0.889 bits per heavy atom. The number of aryl methyl sites for hydroxylation is 3. The Morgan fingerprint density at radius 2 is 1.56 bits per heavy atom. The second-order valence-electron chi connectivity index (χ2n) is 7.99. The molecule has 0 aliphatic heterocycles. The van der Waals surface area contributed by atoms with Gasteiger partial charge in [0.05, 0.1) is 6.61 Å². The summed E-state index contributed by atoms with van der Waals surface area (Å²) in [5, 5.41) is 11.3. The van der Waals surface area contributed by atoms with E-state index in [0.29, 0.717) is 11.8 Å². The standard InChI is InChI=1S/C24H28N2O/c1-16-13-17(2)22(18(3)14-16)23-20-11-7-8-12-21(20)24(26-25-23)27-15-19-9-5-4-6-10-19/h7-8,11-14,19H,4-6,9-10,15H2,1-3H3. The van der Waals surface area contributed by atoms with Crippen molar-refractivity contribution < 1.29 is 4.74 Å². The summed E-state index contributed by atoms with van der Waals surface area (Å²) in [7, 11) is 0. The van der Waals surface area contributed by atoms with E-state index in [1.807, 2.05) is 0 Å². The minimum atomic E-state index is 0.653. The minimum Gasteiger partial charge on any atom is -0.476 e. The third-order valence-electron chi connectivity index (χ3n) is 5.75. The number of rotatable bonds is 4. The zero-order chi connectivity index (χ0) is 18.8. The van der Waals surface area contributed by atoms with Gasteiger partial charge in [-0.05, 0) is 56.7 Å². The van der Waals surface area contributed by atoms with Crippen LogP contribution in [0.4, 0.5) is 0 Å². The number of ether oxygens (including phenoxy) is 1. The lowest BCUT2D eigenvalue weighted by Crippen LogP contribution is -2.16. The van der Waals surface area contributed by atoms with Crippen LogP contribution in [0.1, 0.15) is 48.8 Å². The van der Waals surface area contributed by atoms with Crippen LogP contribution in [-0.2, 0) is 0 Å². The highest BCUT2D eigenvalue weighted by molar-refractivity contribution is 5.98. The second kappa shape index (κ2) is 7.67. The van der Waals surface area contributed by atoms with Crippen LogP contribution in [0.2, 0.25) is 0 Å². The molecule has 3 nitrogen and oxygen atoms in total. The van der Waals surface area contributed by atoms with Crippen LogP contribution in [-0.4, -0.2) is 16.8 Å². The molecule has 0 spiro atoms. The smallest absolute Gasteiger partial charge is 0.241 e. The summed E-state index contributed by atoms with van der Waals surface area (Å²) in [6.45, 7) is 7.19. The highest BCUT2D eigenvalue weighted by Crippen LogP contribution is 2.35. The molecule has 4 rings (SSSR count). The van der Waals surface area contributed by atoms with Crippen LogP contribution in [0.25, 0.3) is 22.0 Å². The number of aromatic nitrogens is 2. The molecule has 0 atom stereocenters. The van der Waals surface area contributed by atoms with Gasteiger partial charge in [-0.15, -0.1) is 10.2 Å². The first kappa shape index (κ1) is 18.0. The van der Waals surface area contributed by atoms with Gasteiger partial charge < -0.3 is 4.74 Å². The third-order valence-corrected chi connectivity index (χ3v) is 5.75. The van der Waals surface area contributed by atoms with E-state index in [0.717, 1.165) is 23.1 Å². The van der Waals surface area contributed by atoms with Crippen LogP contribution >= 0.6 is 0 Å². The lowest BCUT2D eigenvalue weighted by Gasteiger charge is -2.21. The highest BCUT2D eigenvalue weighted by Gasteiger charge is 2.18. The zero-order valence-electron chi connectivity index (χ0n) is 16.6. The van der Waals surface area contributed by atoms with Gasteiger partial charge in [0.1, 0.15) is 5.69 Å². The summed E-state index contributed by atoms with van der Waals surface area (Å²) < 4.78 is 6.16. The molecule has 3 aromatic rings. The average Bonchev–Trinajstić information content (AvgIpc) is 2.67. The van der Waals surface area contributed by atoms with Gasteiger partial charge in [0.25, 0.3) is 0 Å². The first-order valence-electron chi connectivity index (χ1n) is 10.1. The minimum absolute atomic E-state index is 0.653. The molecule has 3 heteroatoms. The molecule has 1 aliphatic carbocycles. The quantitative estimate of drug-likeness (QED) is 0.557. The summed E-state index contributed by atoms with van der Waals surface area (Å²) in [5.41, 5.74) is 5.89. The van der Waals surface area contributed by atoms with Crippen molar-refractivity contribution in [2.75, 3.05) is 6.61 Å². The monoisotopic (exact) mass is 360 g/mol. The van der Waals surface area contributed by atoms with Gasteiger partial charge in [0.2, 0.25) is 5.88 Å². The number of benzene rings is 2. The van der Waals surface area contributed by atoms with Gasteiger partial charge in [-0.3, -0.25) is 0 Å². The first-order valence-corrected chi connectivity index (χ1v) is 10.1. The van der Waals surface area contributed by atoms with E-state index < -0.39 is 0 Å². The van der Waals surface area contributed by atoms with E-state index in [4.69, 9.17) is 4.74 Å². The van der Waals surface area contributed by atoms with Gasteiger partial charge >= 0.3 is 0 Å². The molecule has 1 fully saturated rings. The molecule has 2 aromatic carbocycles. The van der Waals surface area contributed by atoms with Crippen molar-refractivity contribution in [1.82, 2.24) is 10.2 Å². The van der Waals surface area contributed by atoms with Crippen molar-refractivity contribution in [2.24, 2.45) is 5.92 Å². The SMILES string of the molecule is Cc1cc(C)c(-c2nnc(OCC3CCCCC3)c3ccccc23)c(C)c1. The predicted molar refractivity (Wildman–Crippen MR) is 111 cm³/mol. The van der Waals surface area contributed by atoms with Crippen LogP contribution in [0.15, 0.2) is 36.4 Å². The number of hydrogen-bond donors (Lipinski definition) is 0. The number of nitrogens with zero attached hydrogens (tertiary/aromatic N) is 2. The lowest BCUT2D eigenvalue weighted by molar-refractivity contribution is 0.203. The molecule has 1 aromatic heterocycles. The van der Waals surface area contributed by atoms with Crippen molar-refractivity contribution in [3.05, 3.63) is 53.1 Å². The van der Waals surface area contributed by atoms with Crippen molar-refractivity contribution >= 4 is 10.8 Å². The Hall–Kier alpha value is -2.42. The topological polar surface area (TPSA) is 35.0 Å². The maximum Gasteiger partial charge on any atom is 0.241 e. The van der Waals surface area contributed by atoms with E-state index in [1.165, 1.54) is 54.4 Å². The fourth-order valence-corrected chi connectivity index (χ4v) is 4.47. The lowest BCUT2D eigenvalue weighted by atomic mass is 9.90. The molecule has 0 amide bonds. The third kappa shape index (κ3) is 3.69. The number of hydrogen-bond acceptors (Lipinski definition) is 3. The molecule has 27 heavy (non-hydrogen) atoms. The molecular formula is C24H28N2O. The van der Waals surface area contributed by atoms with Crippen LogP contribution in [0.3, 0.4) is 0 Å². The molecule has 0 bridgehead atoms. The Bertz CT molecular complexity index is 935. The van der Waals surface area contributed by atoms with Gasteiger partial charge in [-0.2, -0.15) is 0 Å². The van der Waals surface area contributed by atoms with Crippen LogP contribution in [0, 0.1) is 26.7 Å². The van der Waals surface area contributed by atoms with Gasteiger partial charge in [0.15, 0.2) is 0 Å². The fourth-order valence-electron chi connectivity index (χ4n) is 4.47. The van der Waals surface area contributed by atoms with Crippen molar-refractivity contribution in [2.45, 2.75) is 52.9 Å². The maximum absolute atomic E-state index is 6.16. The average molecular weight is 361 g/mol. The Balaban J connectivity index is 1.72. The molecule has 1 aliphatic rings. The van der Waals surface area contributed by atoms with E-state index in [1.54, 1.807) is 0 Å². The summed E-state index contributed by atoms with van der Waals surface area (Å²) in [6, 6.07) is 12.8. The van der Waals surface area contributed by atoms with Gasteiger partial charge in [-0.1, -0.05) is 55.2 Å². The summed E-state index contributed by atoms with van der Waals surface area (Å²) in [4.78, 5) is 0. The highest BCUT2D eigenvalue weighted by atomic mass is 16.5. The molecule has 0 unspecified atom stereocenters.